The molecule has 3 rings (SSSR count). The van der Waals surface area contributed by atoms with Crippen molar-refractivity contribution in [2.45, 2.75) is 19.9 Å². The molecule has 0 radical (unpaired) electrons. The van der Waals surface area contributed by atoms with Gasteiger partial charge < -0.3 is 14.6 Å². The highest BCUT2D eigenvalue weighted by molar-refractivity contribution is 6.30. The highest BCUT2D eigenvalue weighted by atomic mass is 35.5. The highest BCUT2D eigenvalue weighted by Gasteiger charge is 2.10. The number of carbonyl (C=O) groups is 1. The molecule has 0 fully saturated rings. The van der Waals surface area contributed by atoms with Crippen molar-refractivity contribution in [2.75, 3.05) is 19.0 Å². The van der Waals surface area contributed by atoms with Crippen molar-refractivity contribution >= 4 is 23.5 Å². The van der Waals surface area contributed by atoms with Gasteiger partial charge in [-0.05, 0) is 30.7 Å². The van der Waals surface area contributed by atoms with E-state index in [1.807, 2.05) is 41.4 Å². The zero-order valence-corrected chi connectivity index (χ0v) is 15.9. The molecule has 0 atom stereocenters. The van der Waals surface area contributed by atoms with Gasteiger partial charge in [0.1, 0.15) is 0 Å². The van der Waals surface area contributed by atoms with Gasteiger partial charge in [0, 0.05) is 36.4 Å². The third-order valence-corrected chi connectivity index (χ3v) is 4.13. The van der Waals surface area contributed by atoms with E-state index in [0.29, 0.717) is 24.6 Å². The lowest BCUT2D eigenvalue weighted by atomic mass is 10.2. The standard InChI is InChI=1S/C19H20ClN5O2/c1-13-9-17(18(26)27-2)24-19(23-13)21-8-7-16-11-25(12-22-16)10-14-3-5-15(20)6-4-14/h3-6,9,11-12H,7-8,10H2,1-2H3,(H,21,23,24). The van der Waals surface area contributed by atoms with E-state index in [1.54, 1.807) is 13.0 Å². The molecule has 2 heterocycles. The van der Waals surface area contributed by atoms with Crippen molar-refractivity contribution in [1.29, 1.82) is 0 Å². The lowest BCUT2D eigenvalue weighted by molar-refractivity contribution is 0.0594. The molecular formula is C19H20ClN5O2. The van der Waals surface area contributed by atoms with Crippen molar-refractivity contribution in [2.24, 2.45) is 0 Å². The number of rotatable bonds is 7. The first-order chi connectivity index (χ1) is 13.0. The number of esters is 1. The average Bonchev–Trinajstić information content (AvgIpc) is 3.10. The Hall–Kier alpha value is -2.93. The van der Waals surface area contributed by atoms with Crippen LogP contribution in [0.25, 0.3) is 0 Å². The lowest BCUT2D eigenvalue weighted by Gasteiger charge is -2.06. The van der Waals surface area contributed by atoms with Crippen LogP contribution in [0, 0.1) is 6.92 Å². The van der Waals surface area contributed by atoms with Crippen LogP contribution in [0.4, 0.5) is 5.95 Å². The molecular weight excluding hydrogens is 366 g/mol. The largest absolute Gasteiger partial charge is 0.464 e. The number of ether oxygens (including phenoxy) is 1. The highest BCUT2D eigenvalue weighted by Crippen LogP contribution is 2.11. The van der Waals surface area contributed by atoms with E-state index in [4.69, 9.17) is 16.3 Å². The molecule has 1 aromatic carbocycles. The molecule has 0 spiro atoms. The summed E-state index contributed by atoms with van der Waals surface area (Å²) in [7, 11) is 1.33. The number of nitrogens with zero attached hydrogens (tertiary/aromatic N) is 4. The van der Waals surface area contributed by atoms with Crippen LogP contribution in [-0.4, -0.2) is 39.1 Å². The van der Waals surface area contributed by atoms with Crippen LogP contribution in [0.5, 0.6) is 0 Å². The number of methoxy groups -OCH3 is 1. The van der Waals surface area contributed by atoms with E-state index < -0.39 is 5.97 Å². The summed E-state index contributed by atoms with van der Waals surface area (Å²) in [5, 5.41) is 3.85. The predicted molar refractivity (Wildman–Crippen MR) is 103 cm³/mol. The molecule has 0 bridgehead atoms. The van der Waals surface area contributed by atoms with Crippen LogP contribution in [0.15, 0.2) is 42.9 Å². The first-order valence-electron chi connectivity index (χ1n) is 8.46. The smallest absolute Gasteiger partial charge is 0.356 e. The Morgan fingerprint density at radius 1 is 1.26 bits per heavy atom. The Morgan fingerprint density at radius 3 is 2.78 bits per heavy atom. The second-order valence-electron chi connectivity index (χ2n) is 6.05. The molecule has 27 heavy (non-hydrogen) atoms. The first kappa shape index (κ1) is 18.8. The first-order valence-corrected chi connectivity index (χ1v) is 8.84. The number of hydrogen-bond acceptors (Lipinski definition) is 6. The van der Waals surface area contributed by atoms with Crippen molar-refractivity contribution in [3.63, 3.8) is 0 Å². The number of aryl methyl sites for hydroxylation is 1. The minimum Gasteiger partial charge on any atom is -0.464 e. The zero-order chi connectivity index (χ0) is 19.2. The van der Waals surface area contributed by atoms with Gasteiger partial charge in [-0.1, -0.05) is 23.7 Å². The molecule has 7 nitrogen and oxygen atoms in total. The van der Waals surface area contributed by atoms with Gasteiger partial charge in [-0.25, -0.2) is 19.7 Å². The van der Waals surface area contributed by atoms with Crippen molar-refractivity contribution in [3.05, 3.63) is 70.5 Å². The SMILES string of the molecule is COC(=O)c1cc(C)nc(NCCc2cn(Cc3ccc(Cl)cc3)cn2)n1. The van der Waals surface area contributed by atoms with Crippen LogP contribution in [0.2, 0.25) is 5.02 Å². The van der Waals surface area contributed by atoms with Crippen molar-refractivity contribution in [1.82, 2.24) is 19.5 Å². The third-order valence-electron chi connectivity index (χ3n) is 3.88. The molecule has 0 aliphatic carbocycles. The molecule has 0 aliphatic rings. The molecule has 3 aromatic rings. The lowest BCUT2D eigenvalue weighted by Crippen LogP contribution is -2.12. The van der Waals surface area contributed by atoms with Crippen LogP contribution in [-0.2, 0) is 17.7 Å². The summed E-state index contributed by atoms with van der Waals surface area (Å²) in [6.45, 7) is 3.14. The molecule has 1 N–H and O–H groups in total. The second kappa shape index (κ2) is 8.64. The van der Waals surface area contributed by atoms with Gasteiger partial charge in [-0.2, -0.15) is 0 Å². The van der Waals surface area contributed by atoms with Crippen LogP contribution < -0.4 is 5.32 Å². The molecule has 2 aromatic heterocycles. The Labute approximate surface area is 162 Å². The predicted octanol–water partition coefficient (Wildman–Crippen LogP) is 3.12. The fraction of sp³-hybridized carbons (Fsp3) is 0.263. The molecule has 0 saturated heterocycles. The topological polar surface area (TPSA) is 81.9 Å². The number of carbonyl (C=O) groups excluding carboxylic acids is 1. The third kappa shape index (κ3) is 5.27. The maximum absolute atomic E-state index is 11.6. The van der Waals surface area contributed by atoms with Gasteiger partial charge in [0.25, 0.3) is 0 Å². The normalized spacial score (nSPS) is 10.6. The Bertz CT molecular complexity index is 924. The summed E-state index contributed by atoms with van der Waals surface area (Å²) in [6.07, 6.45) is 4.52. The van der Waals surface area contributed by atoms with Gasteiger partial charge in [0.2, 0.25) is 5.95 Å². The van der Waals surface area contributed by atoms with E-state index in [2.05, 4.69) is 20.3 Å². The fourth-order valence-corrected chi connectivity index (χ4v) is 2.71. The van der Waals surface area contributed by atoms with Crippen molar-refractivity contribution in [3.8, 4) is 0 Å². The Morgan fingerprint density at radius 2 is 2.04 bits per heavy atom. The summed E-state index contributed by atoms with van der Waals surface area (Å²) >= 11 is 5.91. The van der Waals surface area contributed by atoms with Gasteiger partial charge in [0.15, 0.2) is 5.69 Å². The number of imidazole rings is 1. The number of benzene rings is 1. The minimum atomic E-state index is -0.482. The average molecular weight is 386 g/mol. The van der Waals surface area contributed by atoms with E-state index in [0.717, 1.165) is 22.8 Å². The summed E-state index contributed by atoms with van der Waals surface area (Å²) in [4.78, 5) is 24.5. The van der Waals surface area contributed by atoms with E-state index in [-0.39, 0.29) is 5.69 Å². The summed E-state index contributed by atoms with van der Waals surface area (Å²) < 4.78 is 6.73. The molecule has 0 amide bonds. The van der Waals surface area contributed by atoms with Gasteiger partial charge in [-0.15, -0.1) is 0 Å². The van der Waals surface area contributed by atoms with E-state index >= 15 is 0 Å². The Kier molecular flexibility index (Phi) is 6.03. The summed E-state index contributed by atoms with van der Waals surface area (Å²) in [5.41, 5.74) is 3.04. The van der Waals surface area contributed by atoms with Crippen LogP contribution in [0.3, 0.4) is 0 Å². The van der Waals surface area contributed by atoms with E-state index in [9.17, 15) is 4.79 Å². The van der Waals surface area contributed by atoms with E-state index in [1.165, 1.54) is 7.11 Å². The maximum Gasteiger partial charge on any atom is 0.356 e. The van der Waals surface area contributed by atoms with Gasteiger partial charge in [-0.3, -0.25) is 0 Å². The Balaban J connectivity index is 1.55. The number of anilines is 1. The number of hydrogen-bond donors (Lipinski definition) is 1. The quantitative estimate of drug-likeness (QED) is 0.629. The molecule has 0 unspecified atom stereocenters. The van der Waals surface area contributed by atoms with Crippen LogP contribution >= 0.6 is 11.6 Å². The number of aromatic nitrogens is 4. The minimum absolute atomic E-state index is 0.236. The van der Waals surface area contributed by atoms with Crippen molar-refractivity contribution < 1.29 is 9.53 Å². The summed E-state index contributed by atoms with van der Waals surface area (Å²) in [5.74, 6) is -0.0829. The second-order valence-corrected chi connectivity index (χ2v) is 6.49. The molecule has 140 valence electrons. The molecule has 0 aliphatic heterocycles. The fourth-order valence-electron chi connectivity index (χ4n) is 2.58. The zero-order valence-electron chi connectivity index (χ0n) is 15.1. The number of nitrogens with one attached hydrogen (secondary N) is 1. The van der Waals surface area contributed by atoms with Gasteiger partial charge in [0.05, 0.1) is 19.1 Å². The monoisotopic (exact) mass is 385 g/mol. The molecule has 8 heteroatoms. The van der Waals surface area contributed by atoms with Crippen LogP contribution in [0.1, 0.15) is 27.4 Å². The molecule has 0 saturated carbocycles. The maximum atomic E-state index is 11.6. The number of halogens is 1. The van der Waals surface area contributed by atoms with Gasteiger partial charge >= 0.3 is 5.97 Å². The summed E-state index contributed by atoms with van der Waals surface area (Å²) in [6, 6.07) is 9.34.